The van der Waals surface area contributed by atoms with Crippen LogP contribution < -0.4 is 5.43 Å². The minimum Gasteiger partial charge on any atom is -0.507 e. The highest BCUT2D eigenvalue weighted by Gasteiger charge is 2.32. The number of amides is 3. The third-order valence-corrected chi connectivity index (χ3v) is 7.46. The van der Waals surface area contributed by atoms with Crippen LogP contribution in [0.15, 0.2) is 23.8 Å². The first-order chi connectivity index (χ1) is 18.3. The number of benzene rings is 1. The summed E-state index contributed by atoms with van der Waals surface area (Å²) in [4.78, 5) is 37.9. The molecule has 0 unspecified atom stereocenters. The Bertz CT molecular complexity index is 992. The summed E-state index contributed by atoms with van der Waals surface area (Å²) in [6, 6.07) is 3.91. The summed E-state index contributed by atoms with van der Waals surface area (Å²) >= 11 is 0. The van der Waals surface area contributed by atoms with E-state index in [0.29, 0.717) is 24.2 Å². The van der Waals surface area contributed by atoms with Gasteiger partial charge in [-0.2, -0.15) is 5.01 Å². The van der Waals surface area contributed by atoms with Crippen molar-refractivity contribution in [3.05, 3.63) is 40.5 Å². The zero-order valence-electron chi connectivity index (χ0n) is 25.5. The number of carbonyl (C=O) groups excluding carboxylic acids is 3. The lowest BCUT2D eigenvalue weighted by atomic mass is 9.78. The summed E-state index contributed by atoms with van der Waals surface area (Å²) in [5.41, 5.74) is 5.10. The molecular weight excluding hydrogens is 488 g/mol. The maximum Gasteiger partial charge on any atom is 0.275 e. The molecule has 1 aliphatic heterocycles. The Hall–Kier alpha value is -2.63. The highest BCUT2D eigenvalue weighted by Crippen LogP contribution is 2.40. The van der Waals surface area contributed by atoms with Gasteiger partial charge < -0.3 is 5.11 Å². The van der Waals surface area contributed by atoms with Gasteiger partial charge in [0.2, 0.25) is 5.91 Å². The van der Waals surface area contributed by atoms with Crippen molar-refractivity contribution in [3.63, 3.8) is 0 Å². The molecule has 0 saturated heterocycles. The van der Waals surface area contributed by atoms with Crippen LogP contribution in [0.1, 0.15) is 142 Å². The second-order valence-corrected chi connectivity index (χ2v) is 13.2. The van der Waals surface area contributed by atoms with E-state index in [9.17, 15) is 19.5 Å². The number of phenols is 1. The summed E-state index contributed by atoms with van der Waals surface area (Å²) in [6.07, 6.45) is 14.6. The number of rotatable bonds is 15. The Morgan fingerprint density at radius 2 is 1.28 bits per heavy atom. The largest absolute Gasteiger partial charge is 0.507 e. The van der Waals surface area contributed by atoms with Crippen molar-refractivity contribution in [2.24, 2.45) is 0 Å². The first-order valence-corrected chi connectivity index (χ1v) is 15.0. The van der Waals surface area contributed by atoms with Crippen molar-refractivity contribution in [1.82, 2.24) is 10.4 Å². The van der Waals surface area contributed by atoms with Gasteiger partial charge in [-0.3, -0.25) is 19.8 Å². The van der Waals surface area contributed by atoms with E-state index in [2.05, 4.69) is 53.9 Å². The van der Waals surface area contributed by atoms with Gasteiger partial charge in [-0.05, 0) is 46.8 Å². The second-order valence-electron chi connectivity index (χ2n) is 13.2. The van der Waals surface area contributed by atoms with Crippen LogP contribution >= 0.6 is 0 Å². The van der Waals surface area contributed by atoms with Crippen molar-refractivity contribution >= 4 is 17.7 Å². The van der Waals surface area contributed by atoms with E-state index in [-0.39, 0.29) is 23.2 Å². The van der Waals surface area contributed by atoms with Crippen LogP contribution in [0.5, 0.6) is 5.75 Å². The molecule has 0 aliphatic carbocycles. The van der Waals surface area contributed by atoms with E-state index in [1.165, 1.54) is 51.0 Å². The van der Waals surface area contributed by atoms with E-state index >= 15 is 0 Å². The Kier molecular flexibility index (Phi) is 12.3. The number of phenolic OH excluding ortho intramolecular Hbond substituents is 1. The Morgan fingerprint density at radius 3 is 1.77 bits per heavy atom. The summed E-state index contributed by atoms with van der Waals surface area (Å²) in [7, 11) is 0. The smallest absolute Gasteiger partial charge is 0.275 e. The van der Waals surface area contributed by atoms with Crippen molar-refractivity contribution in [3.8, 4) is 5.75 Å². The minimum atomic E-state index is -0.481. The molecule has 0 fully saturated rings. The predicted molar refractivity (Wildman–Crippen MR) is 158 cm³/mol. The van der Waals surface area contributed by atoms with Gasteiger partial charge in [0.25, 0.3) is 11.8 Å². The van der Waals surface area contributed by atoms with Gasteiger partial charge in [-0.1, -0.05) is 118 Å². The quantitative estimate of drug-likeness (QED) is 0.178. The predicted octanol–water partition coefficient (Wildman–Crippen LogP) is 7.56. The van der Waals surface area contributed by atoms with E-state index < -0.39 is 11.8 Å². The molecule has 0 spiro atoms. The molecule has 39 heavy (non-hydrogen) atoms. The van der Waals surface area contributed by atoms with Crippen LogP contribution in [0.2, 0.25) is 0 Å². The zero-order chi connectivity index (χ0) is 29.2. The lowest BCUT2D eigenvalue weighted by Gasteiger charge is -2.28. The molecule has 1 aromatic carbocycles. The average molecular weight is 541 g/mol. The molecule has 1 aliphatic rings. The summed E-state index contributed by atoms with van der Waals surface area (Å²) in [5, 5.41) is 11.8. The Balaban J connectivity index is 1.83. The van der Waals surface area contributed by atoms with E-state index in [0.717, 1.165) is 41.0 Å². The number of hydrogen-bond donors (Lipinski definition) is 2. The van der Waals surface area contributed by atoms with Gasteiger partial charge >= 0.3 is 0 Å². The van der Waals surface area contributed by atoms with Crippen molar-refractivity contribution in [2.75, 3.05) is 0 Å². The summed E-state index contributed by atoms with van der Waals surface area (Å²) in [5.74, 6) is -0.977. The normalized spacial score (nSPS) is 14.2. The third-order valence-electron chi connectivity index (χ3n) is 7.46. The molecule has 0 aromatic heterocycles. The molecule has 2 rings (SSSR count). The van der Waals surface area contributed by atoms with Crippen molar-refractivity contribution in [2.45, 2.75) is 143 Å². The van der Waals surface area contributed by atoms with Gasteiger partial charge in [0.05, 0.1) is 0 Å². The molecule has 2 N–H and O–H groups in total. The fraction of sp³-hybridized carbons (Fsp3) is 0.667. The van der Waals surface area contributed by atoms with Gasteiger partial charge in [0.1, 0.15) is 5.75 Å². The molecular formula is C33H52N2O4. The first-order valence-electron chi connectivity index (χ1n) is 15.0. The molecule has 0 bridgehead atoms. The monoisotopic (exact) mass is 540 g/mol. The second kappa shape index (κ2) is 14.7. The molecule has 1 heterocycles. The van der Waals surface area contributed by atoms with E-state index in [1.807, 2.05) is 12.1 Å². The lowest BCUT2D eigenvalue weighted by Crippen LogP contribution is -2.46. The number of aromatic hydroxyl groups is 1. The van der Waals surface area contributed by atoms with Crippen LogP contribution in [-0.2, 0) is 31.6 Å². The number of nitrogens with one attached hydrogen (secondary N) is 1. The van der Waals surface area contributed by atoms with Gasteiger partial charge in [-0.15, -0.1) is 0 Å². The summed E-state index contributed by atoms with van der Waals surface area (Å²) in [6.45, 7) is 14.5. The van der Waals surface area contributed by atoms with E-state index in [4.69, 9.17) is 0 Å². The van der Waals surface area contributed by atoms with Crippen LogP contribution in [0, 0.1) is 0 Å². The fourth-order valence-electron chi connectivity index (χ4n) is 5.03. The van der Waals surface area contributed by atoms with Crippen molar-refractivity contribution < 1.29 is 19.5 Å². The van der Waals surface area contributed by atoms with E-state index in [1.54, 1.807) is 0 Å². The molecule has 0 saturated carbocycles. The number of imide groups is 1. The maximum absolute atomic E-state index is 12.8. The summed E-state index contributed by atoms with van der Waals surface area (Å²) < 4.78 is 0. The Labute approximate surface area is 236 Å². The van der Waals surface area contributed by atoms with Gasteiger partial charge in [0.15, 0.2) is 0 Å². The highest BCUT2D eigenvalue weighted by atomic mass is 16.3. The van der Waals surface area contributed by atoms with Crippen LogP contribution in [0.25, 0.3) is 0 Å². The molecule has 6 nitrogen and oxygen atoms in total. The number of aryl methyl sites for hydroxylation is 1. The van der Waals surface area contributed by atoms with Crippen LogP contribution in [0.3, 0.4) is 0 Å². The maximum atomic E-state index is 12.8. The SMILES string of the molecule is CCCCCCCCCCCCC1=CC(=O)N(NC(=O)CCc2cc(C(C)(C)C)c(O)c(C(C)(C)C)c2)C1=O. The molecule has 0 radical (unpaired) electrons. The molecule has 3 amide bonds. The van der Waals surface area contributed by atoms with Gasteiger partial charge in [-0.25, -0.2) is 0 Å². The lowest BCUT2D eigenvalue weighted by molar-refractivity contribution is -0.146. The molecule has 218 valence electrons. The highest BCUT2D eigenvalue weighted by molar-refractivity contribution is 6.16. The first kappa shape index (κ1) is 32.6. The standard InChI is InChI=1S/C33H52N2O4/c1-8-9-10-11-12-13-14-15-16-17-18-25-23-29(37)35(31(25)39)34-28(36)20-19-24-21-26(32(2,3)4)30(38)27(22-24)33(5,6)7/h21-23,38H,8-20H2,1-7H3,(H,34,36). The Morgan fingerprint density at radius 1 is 0.795 bits per heavy atom. The minimum absolute atomic E-state index is 0.128. The molecule has 1 aromatic rings. The van der Waals surface area contributed by atoms with Gasteiger partial charge in [0, 0.05) is 18.1 Å². The number of unbranched alkanes of at least 4 members (excludes halogenated alkanes) is 9. The number of hydrogen-bond acceptors (Lipinski definition) is 4. The van der Waals surface area contributed by atoms with Crippen LogP contribution in [-0.4, -0.2) is 27.8 Å². The number of hydrazine groups is 1. The van der Waals surface area contributed by atoms with Crippen LogP contribution in [0.4, 0.5) is 0 Å². The fourth-order valence-corrected chi connectivity index (χ4v) is 5.03. The topological polar surface area (TPSA) is 86.7 Å². The number of nitrogens with zero attached hydrogens (tertiary/aromatic N) is 1. The third kappa shape index (κ3) is 10.1. The number of carbonyl (C=O) groups is 3. The molecule has 6 heteroatoms. The van der Waals surface area contributed by atoms with Crippen molar-refractivity contribution in [1.29, 1.82) is 0 Å². The average Bonchev–Trinajstić information content (AvgIpc) is 3.10. The molecule has 0 atom stereocenters. The zero-order valence-corrected chi connectivity index (χ0v) is 25.5.